The van der Waals surface area contributed by atoms with Crippen molar-refractivity contribution in [2.75, 3.05) is 26.2 Å². The lowest BCUT2D eigenvalue weighted by molar-refractivity contribution is -0.147. The van der Waals surface area contributed by atoms with Gasteiger partial charge in [0, 0.05) is 31.7 Å². The molecule has 2 fully saturated rings. The number of nitrogens with zero attached hydrogens (tertiary/aromatic N) is 2. The molecule has 2 heterocycles. The van der Waals surface area contributed by atoms with Gasteiger partial charge in [0.05, 0.1) is 11.3 Å². The number of rotatable bonds is 3. The predicted molar refractivity (Wildman–Crippen MR) is 92.0 cm³/mol. The van der Waals surface area contributed by atoms with E-state index in [1.54, 1.807) is 28.9 Å². The lowest BCUT2D eigenvalue weighted by atomic mass is 9.90. The standard InChI is InChI=1S/C19H24N2O4/c1-19(18(24)25)9-11-21(13-19)17(23)15-8-5-10-20(12-15)16(22)14-6-3-2-4-7-14/h2-4,6-7,15H,5,8-13H2,1H3,(H,24,25). The van der Waals surface area contributed by atoms with Gasteiger partial charge in [-0.25, -0.2) is 0 Å². The van der Waals surface area contributed by atoms with Gasteiger partial charge in [-0.05, 0) is 38.3 Å². The van der Waals surface area contributed by atoms with E-state index in [1.165, 1.54) is 0 Å². The number of hydrogen-bond acceptors (Lipinski definition) is 3. The second-order valence-corrected chi connectivity index (χ2v) is 7.33. The molecule has 0 aromatic heterocycles. The summed E-state index contributed by atoms with van der Waals surface area (Å²) >= 11 is 0. The summed E-state index contributed by atoms with van der Waals surface area (Å²) in [6, 6.07) is 9.10. The molecule has 3 rings (SSSR count). The molecule has 2 atom stereocenters. The summed E-state index contributed by atoms with van der Waals surface area (Å²) in [7, 11) is 0. The van der Waals surface area contributed by atoms with E-state index >= 15 is 0 Å². The fourth-order valence-electron chi connectivity index (χ4n) is 3.71. The van der Waals surface area contributed by atoms with Crippen molar-refractivity contribution in [2.24, 2.45) is 11.3 Å². The molecule has 2 aliphatic heterocycles. The second kappa shape index (κ2) is 6.86. The Morgan fingerprint density at radius 1 is 1.12 bits per heavy atom. The molecule has 0 radical (unpaired) electrons. The third kappa shape index (κ3) is 3.52. The van der Waals surface area contributed by atoms with E-state index in [4.69, 9.17) is 0 Å². The van der Waals surface area contributed by atoms with Crippen molar-refractivity contribution in [3.05, 3.63) is 35.9 Å². The van der Waals surface area contributed by atoms with Crippen LogP contribution < -0.4 is 0 Å². The molecule has 2 unspecified atom stereocenters. The van der Waals surface area contributed by atoms with Gasteiger partial charge in [0.25, 0.3) is 5.91 Å². The number of carbonyl (C=O) groups is 3. The Bertz CT molecular complexity index is 675. The van der Waals surface area contributed by atoms with Gasteiger partial charge in [-0.15, -0.1) is 0 Å². The van der Waals surface area contributed by atoms with Gasteiger partial charge in [-0.3, -0.25) is 14.4 Å². The zero-order valence-electron chi connectivity index (χ0n) is 14.5. The van der Waals surface area contributed by atoms with Crippen LogP contribution in [0, 0.1) is 11.3 Å². The highest BCUT2D eigenvalue weighted by Gasteiger charge is 2.44. The normalized spacial score (nSPS) is 26.5. The zero-order valence-corrected chi connectivity index (χ0v) is 14.5. The van der Waals surface area contributed by atoms with Crippen molar-refractivity contribution in [2.45, 2.75) is 26.2 Å². The van der Waals surface area contributed by atoms with Crippen molar-refractivity contribution >= 4 is 17.8 Å². The smallest absolute Gasteiger partial charge is 0.311 e. The zero-order chi connectivity index (χ0) is 18.0. The van der Waals surface area contributed by atoms with Crippen LogP contribution in [0.3, 0.4) is 0 Å². The summed E-state index contributed by atoms with van der Waals surface area (Å²) in [5, 5.41) is 9.33. The maximum atomic E-state index is 12.8. The third-order valence-electron chi connectivity index (χ3n) is 5.38. The molecular weight excluding hydrogens is 320 g/mol. The molecule has 2 aliphatic rings. The van der Waals surface area contributed by atoms with Gasteiger partial charge in [0.1, 0.15) is 0 Å². The van der Waals surface area contributed by atoms with E-state index in [9.17, 15) is 19.5 Å². The summed E-state index contributed by atoms with van der Waals surface area (Å²) < 4.78 is 0. The number of carbonyl (C=O) groups excluding carboxylic acids is 2. The summed E-state index contributed by atoms with van der Waals surface area (Å²) in [6.45, 7) is 3.49. The van der Waals surface area contributed by atoms with Crippen LogP contribution in [0.5, 0.6) is 0 Å². The van der Waals surface area contributed by atoms with Crippen molar-refractivity contribution in [3.63, 3.8) is 0 Å². The van der Waals surface area contributed by atoms with Crippen LogP contribution in [0.2, 0.25) is 0 Å². The average molecular weight is 344 g/mol. The molecule has 0 spiro atoms. The first kappa shape index (κ1) is 17.5. The highest BCUT2D eigenvalue weighted by Crippen LogP contribution is 2.32. The van der Waals surface area contributed by atoms with Crippen LogP contribution in [-0.4, -0.2) is 58.9 Å². The van der Waals surface area contributed by atoms with Gasteiger partial charge >= 0.3 is 5.97 Å². The summed E-state index contributed by atoms with van der Waals surface area (Å²) in [6.07, 6.45) is 2.02. The molecule has 0 bridgehead atoms. The Kier molecular flexibility index (Phi) is 4.79. The molecule has 2 saturated heterocycles. The van der Waals surface area contributed by atoms with E-state index in [0.717, 1.165) is 12.8 Å². The molecule has 0 saturated carbocycles. The highest BCUT2D eigenvalue weighted by molar-refractivity contribution is 5.94. The van der Waals surface area contributed by atoms with Crippen molar-refractivity contribution in [1.82, 2.24) is 9.80 Å². The summed E-state index contributed by atoms with van der Waals surface area (Å²) in [4.78, 5) is 40.2. The van der Waals surface area contributed by atoms with Gasteiger partial charge < -0.3 is 14.9 Å². The molecule has 25 heavy (non-hydrogen) atoms. The molecule has 1 aromatic rings. The highest BCUT2D eigenvalue weighted by atomic mass is 16.4. The van der Waals surface area contributed by atoms with E-state index in [-0.39, 0.29) is 24.3 Å². The first-order valence-corrected chi connectivity index (χ1v) is 8.77. The summed E-state index contributed by atoms with van der Waals surface area (Å²) in [5.41, 5.74) is -0.223. The Hall–Kier alpha value is -2.37. The van der Waals surface area contributed by atoms with Crippen LogP contribution in [-0.2, 0) is 9.59 Å². The number of benzene rings is 1. The SMILES string of the molecule is CC1(C(=O)O)CCN(C(=O)C2CCCN(C(=O)c3ccccc3)C2)C1. The fraction of sp³-hybridized carbons (Fsp3) is 0.526. The third-order valence-corrected chi connectivity index (χ3v) is 5.38. The molecule has 1 N–H and O–H groups in total. The molecule has 1 aromatic carbocycles. The Balaban J connectivity index is 1.65. The van der Waals surface area contributed by atoms with Crippen molar-refractivity contribution in [3.8, 4) is 0 Å². The number of carboxylic acid groups (broad SMARTS) is 1. The number of hydrogen-bond donors (Lipinski definition) is 1. The van der Waals surface area contributed by atoms with Crippen LogP contribution in [0.15, 0.2) is 30.3 Å². The van der Waals surface area contributed by atoms with Gasteiger partial charge in [0.2, 0.25) is 5.91 Å². The molecular formula is C19H24N2O4. The number of carboxylic acids is 1. The molecule has 134 valence electrons. The number of likely N-dealkylation sites (tertiary alicyclic amines) is 2. The molecule has 0 aliphatic carbocycles. The van der Waals surface area contributed by atoms with E-state index in [1.807, 2.05) is 18.2 Å². The van der Waals surface area contributed by atoms with Crippen LogP contribution in [0.1, 0.15) is 36.5 Å². The first-order valence-electron chi connectivity index (χ1n) is 8.77. The molecule has 6 nitrogen and oxygen atoms in total. The minimum absolute atomic E-state index is 0.0180. The van der Waals surface area contributed by atoms with Gasteiger partial charge in [-0.1, -0.05) is 18.2 Å². The predicted octanol–water partition coefficient (Wildman–Crippen LogP) is 1.86. The molecule has 6 heteroatoms. The van der Waals surface area contributed by atoms with Crippen LogP contribution in [0.4, 0.5) is 0 Å². The van der Waals surface area contributed by atoms with E-state index in [2.05, 4.69) is 0 Å². The number of aliphatic carboxylic acids is 1. The largest absolute Gasteiger partial charge is 0.481 e. The number of piperidine rings is 1. The lowest BCUT2D eigenvalue weighted by Crippen LogP contribution is -2.46. The maximum absolute atomic E-state index is 12.8. The monoisotopic (exact) mass is 344 g/mol. The average Bonchev–Trinajstić information content (AvgIpc) is 3.05. The quantitative estimate of drug-likeness (QED) is 0.908. The van der Waals surface area contributed by atoms with E-state index < -0.39 is 11.4 Å². The minimum atomic E-state index is -0.857. The minimum Gasteiger partial charge on any atom is -0.481 e. The van der Waals surface area contributed by atoms with Gasteiger partial charge in [0.15, 0.2) is 0 Å². The Morgan fingerprint density at radius 2 is 1.84 bits per heavy atom. The Labute approximate surface area is 147 Å². The maximum Gasteiger partial charge on any atom is 0.311 e. The summed E-state index contributed by atoms with van der Waals surface area (Å²) in [5.74, 6) is -1.16. The number of amides is 2. The van der Waals surface area contributed by atoms with Crippen molar-refractivity contribution < 1.29 is 19.5 Å². The molecule has 2 amide bonds. The topological polar surface area (TPSA) is 77.9 Å². The second-order valence-electron chi connectivity index (χ2n) is 7.33. The lowest BCUT2D eigenvalue weighted by Gasteiger charge is -2.34. The Morgan fingerprint density at radius 3 is 2.48 bits per heavy atom. The van der Waals surface area contributed by atoms with Gasteiger partial charge in [-0.2, -0.15) is 0 Å². The van der Waals surface area contributed by atoms with Crippen LogP contribution in [0.25, 0.3) is 0 Å². The first-order chi connectivity index (χ1) is 11.9. The van der Waals surface area contributed by atoms with Crippen molar-refractivity contribution in [1.29, 1.82) is 0 Å². The van der Waals surface area contributed by atoms with Crippen LogP contribution >= 0.6 is 0 Å². The van der Waals surface area contributed by atoms with E-state index in [0.29, 0.717) is 31.6 Å². The fourth-order valence-corrected chi connectivity index (χ4v) is 3.71.